The molecule has 8 nitrogen and oxygen atoms in total. The van der Waals surface area contributed by atoms with Crippen LogP contribution >= 0.6 is 11.8 Å². The van der Waals surface area contributed by atoms with Crippen molar-refractivity contribution in [3.63, 3.8) is 0 Å². The van der Waals surface area contributed by atoms with E-state index >= 15 is 0 Å². The number of hydrogen-bond acceptors (Lipinski definition) is 6. The summed E-state index contributed by atoms with van der Waals surface area (Å²) in [6.07, 6.45) is 1.64. The molecule has 0 aliphatic carbocycles. The molecule has 0 saturated heterocycles. The summed E-state index contributed by atoms with van der Waals surface area (Å²) in [4.78, 5) is 28.9. The fourth-order valence-corrected chi connectivity index (χ4v) is 3.48. The molecule has 25 heavy (non-hydrogen) atoms. The summed E-state index contributed by atoms with van der Waals surface area (Å²) in [6, 6.07) is 7.25. The van der Waals surface area contributed by atoms with Crippen molar-refractivity contribution in [2.24, 2.45) is 11.5 Å². The lowest BCUT2D eigenvalue weighted by Gasteiger charge is -2.26. The van der Waals surface area contributed by atoms with E-state index < -0.39 is 5.91 Å². The maximum atomic E-state index is 11.9. The Morgan fingerprint density at radius 3 is 2.72 bits per heavy atom. The topological polar surface area (TPSA) is 143 Å². The van der Waals surface area contributed by atoms with Gasteiger partial charge in [0.05, 0.1) is 17.1 Å². The van der Waals surface area contributed by atoms with Crippen LogP contribution in [-0.4, -0.2) is 29.6 Å². The number of carbonyl (C=O) groups excluding carboxylic acids is 2. The van der Waals surface area contributed by atoms with E-state index in [0.29, 0.717) is 28.5 Å². The molecule has 0 radical (unpaired) electrons. The molecule has 2 heterocycles. The third kappa shape index (κ3) is 3.13. The van der Waals surface area contributed by atoms with Gasteiger partial charge in [-0.05, 0) is 24.3 Å². The second-order valence-electron chi connectivity index (χ2n) is 5.51. The highest BCUT2D eigenvalue weighted by Crippen LogP contribution is 2.37. The molecule has 1 aliphatic rings. The normalized spacial score (nSPS) is 14.8. The third-order valence-corrected chi connectivity index (χ3v) is 4.95. The number of hydrogen-bond donors (Lipinski definition) is 5. The molecule has 1 aromatic heterocycles. The zero-order valence-corrected chi connectivity index (χ0v) is 14.3. The molecule has 0 atom stereocenters. The molecule has 2 amide bonds. The van der Waals surface area contributed by atoms with Crippen LogP contribution in [0, 0.1) is 0 Å². The highest BCUT2D eigenvalue weighted by molar-refractivity contribution is 8.00. The summed E-state index contributed by atoms with van der Waals surface area (Å²) in [5, 5.41) is 3.10. The number of aromatic nitrogens is 1. The maximum absolute atomic E-state index is 11.9. The fourth-order valence-electron chi connectivity index (χ4n) is 2.50. The van der Waals surface area contributed by atoms with E-state index in [0.717, 1.165) is 10.6 Å². The van der Waals surface area contributed by atoms with E-state index in [4.69, 9.17) is 17.2 Å². The number of nitrogens with two attached hydrogens (primary N) is 3. The van der Waals surface area contributed by atoms with Crippen LogP contribution in [0.4, 0.5) is 17.2 Å². The zero-order valence-electron chi connectivity index (χ0n) is 13.5. The largest absolute Gasteiger partial charge is 0.393 e. The molecular formula is C16H18N6O2S. The Hall–Kier alpha value is -3.07. The molecule has 130 valence electrons. The van der Waals surface area contributed by atoms with Crippen molar-refractivity contribution in [2.45, 2.75) is 4.90 Å². The molecule has 2 aromatic rings. The molecule has 1 aromatic carbocycles. The minimum atomic E-state index is -0.760. The van der Waals surface area contributed by atoms with E-state index in [1.165, 1.54) is 11.8 Å². The van der Waals surface area contributed by atoms with Gasteiger partial charge in [-0.3, -0.25) is 9.59 Å². The van der Waals surface area contributed by atoms with Gasteiger partial charge in [-0.15, -0.1) is 11.8 Å². The molecule has 0 fully saturated rings. The first-order valence-corrected chi connectivity index (χ1v) is 8.40. The standard InChI is InChI=1S/C16H18N6O2S/c1-22-10-6-8(2-3-11(10)25-7-12(22)23)21-14(13(17)16(19)24)9-4-5-20-15(9)18/h2-6,20-21H,7,17-18H2,1H3,(H2,19,24)/b14-13+. The van der Waals surface area contributed by atoms with Crippen molar-refractivity contribution >= 4 is 46.5 Å². The predicted molar refractivity (Wildman–Crippen MR) is 99.7 cm³/mol. The van der Waals surface area contributed by atoms with Gasteiger partial charge < -0.3 is 32.4 Å². The first-order chi connectivity index (χ1) is 11.9. The van der Waals surface area contributed by atoms with Gasteiger partial charge >= 0.3 is 0 Å². The number of fused-ring (bicyclic) bond motifs is 1. The highest BCUT2D eigenvalue weighted by atomic mass is 32.2. The second kappa shape index (κ2) is 6.44. The molecule has 1 aliphatic heterocycles. The lowest BCUT2D eigenvalue weighted by Crippen LogP contribution is -2.31. The van der Waals surface area contributed by atoms with Gasteiger partial charge in [0.2, 0.25) is 5.91 Å². The summed E-state index contributed by atoms with van der Waals surface area (Å²) in [5.41, 5.74) is 19.2. The number of amides is 2. The van der Waals surface area contributed by atoms with Gasteiger partial charge in [0.1, 0.15) is 11.5 Å². The summed E-state index contributed by atoms with van der Waals surface area (Å²) in [7, 11) is 1.73. The van der Waals surface area contributed by atoms with Gasteiger partial charge in [-0.25, -0.2) is 0 Å². The van der Waals surface area contributed by atoms with Crippen LogP contribution in [0.1, 0.15) is 5.56 Å². The van der Waals surface area contributed by atoms with Crippen molar-refractivity contribution in [3.05, 3.63) is 41.7 Å². The van der Waals surface area contributed by atoms with Crippen LogP contribution in [0.5, 0.6) is 0 Å². The molecule has 3 rings (SSSR count). The minimum absolute atomic E-state index is 0.0249. The van der Waals surface area contributed by atoms with Crippen LogP contribution in [-0.2, 0) is 9.59 Å². The quantitative estimate of drug-likeness (QED) is 0.514. The Morgan fingerprint density at radius 1 is 1.32 bits per heavy atom. The average molecular weight is 358 g/mol. The number of rotatable bonds is 4. The van der Waals surface area contributed by atoms with Gasteiger partial charge in [0, 0.05) is 29.4 Å². The highest BCUT2D eigenvalue weighted by Gasteiger charge is 2.22. The number of nitrogens with zero attached hydrogens (tertiary/aromatic N) is 1. The number of benzene rings is 1. The molecular weight excluding hydrogens is 340 g/mol. The van der Waals surface area contributed by atoms with Crippen LogP contribution in [0.3, 0.4) is 0 Å². The van der Waals surface area contributed by atoms with Crippen molar-refractivity contribution in [2.75, 3.05) is 28.8 Å². The number of aromatic amines is 1. The minimum Gasteiger partial charge on any atom is -0.393 e. The van der Waals surface area contributed by atoms with Crippen molar-refractivity contribution in [1.82, 2.24) is 4.98 Å². The Morgan fingerprint density at radius 2 is 2.08 bits per heavy atom. The van der Waals surface area contributed by atoms with Crippen molar-refractivity contribution in [1.29, 1.82) is 0 Å². The van der Waals surface area contributed by atoms with Crippen LogP contribution in [0.15, 0.2) is 41.1 Å². The first-order valence-electron chi connectivity index (χ1n) is 7.41. The maximum Gasteiger partial charge on any atom is 0.266 e. The zero-order chi connectivity index (χ0) is 18.1. The van der Waals surface area contributed by atoms with E-state index in [-0.39, 0.29) is 11.6 Å². The van der Waals surface area contributed by atoms with Crippen molar-refractivity contribution < 1.29 is 9.59 Å². The second-order valence-corrected chi connectivity index (χ2v) is 6.52. The molecule has 9 heteroatoms. The molecule has 8 N–H and O–H groups in total. The van der Waals surface area contributed by atoms with Crippen LogP contribution in [0.25, 0.3) is 5.70 Å². The number of anilines is 3. The summed E-state index contributed by atoms with van der Waals surface area (Å²) >= 11 is 1.48. The molecule has 0 saturated carbocycles. The van der Waals surface area contributed by atoms with Gasteiger partial charge in [-0.2, -0.15) is 0 Å². The van der Waals surface area contributed by atoms with Gasteiger partial charge in [-0.1, -0.05) is 0 Å². The summed E-state index contributed by atoms with van der Waals surface area (Å²) < 4.78 is 0. The van der Waals surface area contributed by atoms with Gasteiger partial charge in [0.15, 0.2) is 0 Å². The van der Waals surface area contributed by atoms with E-state index in [2.05, 4.69) is 10.3 Å². The van der Waals surface area contributed by atoms with Crippen LogP contribution in [0.2, 0.25) is 0 Å². The fraction of sp³-hybridized carbons (Fsp3) is 0.125. The number of H-pyrrole nitrogens is 1. The van der Waals surface area contributed by atoms with Gasteiger partial charge in [0.25, 0.3) is 5.91 Å². The third-order valence-electron chi connectivity index (χ3n) is 3.90. The average Bonchev–Trinajstić information content (AvgIpc) is 3.01. The summed E-state index contributed by atoms with van der Waals surface area (Å²) in [5.74, 6) is 0.0315. The lowest BCUT2D eigenvalue weighted by molar-refractivity contribution is -0.116. The van der Waals surface area contributed by atoms with E-state index in [9.17, 15) is 9.59 Å². The molecule has 0 spiro atoms. The lowest BCUT2D eigenvalue weighted by atomic mass is 10.1. The Kier molecular flexibility index (Phi) is 4.32. The Bertz CT molecular complexity index is 889. The number of carbonyl (C=O) groups is 2. The number of nitrogen functional groups attached to an aromatic ring is 1. The molecule has 0 bridgehead atoms. The van der Waals surface area contributed by atoms with Crippen LogP contribution < -0.4 is 27.4 Å². The Labute approximate surface area is 148 Å². The summed E-state index contributed by atoms with van der Waals surface area (Å²) in [6.45, 7) is 0. The number of primary amides is 1. The SMILES string of the molecule is CN1C(=O)CSc2ccc(N/C(=C(/N)C(N)=O)c3cc[nH]c3N)cc21. The first kappa shape index (κ1) is 16.8. The number of nitrogens with one attached hydrogen (secondary N) is 2. The smallest absolute Gasteiger partial charge is 0.266 e. The number of thioether (sulfide) groups is 1. The monoisotopic (exact) mass is 358 g/mol. The van der Waals surface area contributed by atoms with E-state index in [1.807, 2.05) is 18.2 Å². The Balaban J connectivity index is 2.02. The van der Waals surface area contributed by atoms with Crippen molar-refractivity contribution in [3.8, 4) is 0 Å². The molecule has 0 unspecified atom stereocenters. The predicted octanol–water partition coefficient (Wildman–Crippen LogP) is 0.890. The van der Waals surface area contributed by atoms with E-state index in [1.54, 1.807) is 24.2 Å².